The van der Waals surface area contributed by atoms with Gasteiger partial charge in [0.05, 0.1) is 11.9 Å². The number of phenols is 1. The Bertz CT molecular complexity index is 1040. The first-order valence-corrected chi connectivity index (χ1v) is 11.0. The molecule has 1 aliphatic heterocycles. The lowest BCUT2D eigenvalue weighted by atomic mass is 9.76. The van der Waals surface area contributed by atoms with E-state index in [1.807, 2.05) is 24.3 Å². The summed E-state index contributed by atoms with van der Waals surface area (Å²) >= 11 is 0. The van der Waals surface area contributed by atoms with Crippen LogP contribution in [0.2, 0.25) is 0 Å². The number of benzene rings is 1. The molecular formula is C24H31FN6O. The topological polar surface area (TPSA) is 81.2 Å². The van der Waals surface area contributed by atoms with Gasteiger partial charge in [0.15, 0.2) is 5.82 Å². The van der Waals surface area contributed by atoms with E-state index in [4.69, 9.17) is 0 Å². The molecule has 170 valence electrons. The zero-order valence-electron chi connectivity index (χ0n) is 19.1. The summed E-state index contributed by atoms with van der Waals surface area (Å²) in [6.07, 6.45) is 4.42. The van der Waals surface area contributed by atoms with Gasteiger partial charge in [0.2, 0.25) is 0 Å². The molecule has 3 heterocycles. The van der Waals surface area contributed by atoms with Crippen molar-refractivity contribution in [1.82, 2.24) is 25.3 Å². The first-order valence-electron chi connectivity index (χ1n) is 11.0. The summed E-state index contributed by atoms with van der Waals surface area (Å²) in [5, 5.41) is 26.1. The smallest absolute Gasteiger partial charge is 0.151 e. The van der Waals surface area contributed by atoms with Gasteiger partial charge in [0, 0.05) is 42.0 Å². The maximum Gasteiger partial charge on any atom is 0.151 e. The van der Waals surface area contributed by atoms with Crippen LogP contribution in [0.5, 0.6) is 5.75 Å². The fourth-order valence-corrected chi connectivity index (χ4v) is 4.61. The molecule has 0 aliphatic carbocycles. The van der Waals surface area contributed by atoms with E-state index in [9.17, 15) is 9.50 Å². The number of likely N-dealkylation sites (tertiary alicyclic amines) is 1. The van der Waals surface area contributed by atoms with Crippen LogP contribution in [0.15, 0.2) is 42.7 Å². The number of phenolic OH excluding ortho intramolecular Hbond substituents is 1. The van der Waals surface area contributed by atoms with Crippen molar-refractivity contribution in [3.63, 3.8) is 0 Å². The fraction of sp³-hybridized carbons (Fsp3) is 0.458. The predicted molar refractivity (Wildman–Crippen MR) is 124 cm³/mol. The molecule has 1 fully saturated rings. The first-order chi connectivity index (χ1) is 15.3. The van der Waals surface area contributed by atoms with Gasteiger partial charge in [-0.2, -0.15) is 5.10 Å². The Kier molecular flexibility index (Phi) is 6.15. The third kappa shape index (κ3) is 4.07. The Hall–Kier alpha value is -3.00. The predicted octanol–water partition coefficient (Wildman–Crippen LogP) is 4.13. The van der Waals surface area contributed by atoms with Crippen LogP contribution < -0.4 is 4.90 Å². The van der Waals surface area contributed by atoms with Crippen LogP contribution in [0.1, 0.15) is 27.2 Å². The fourth-order valence-electron chi connectivity index (χ4n) is 4.61. The molecule has 1 aromatic carbocycles. The number of hydrogen-bond donors (Lipinski definition) is 2. The molecule has 0 saturated carbocycles. The molecule has 7 nitrogen and oxygen atoms in total. The molecule has 2 aromatic heterocycles. The lowest BCUT2D eigenvalue weighted by molar-refractivity contribution is 0.0375. The summed E-state index contributed by atoms with van der Waals surface area (Å²) < 4.78 is 13.5. The number of nitrogens with one attached hydrogen (secondary N) is 1. The van der Waals surface area contributed by atoms with Crippen molar-refractivity contribution >= 4 is 5.82 Å². The quantitative estimate of drug-likeness (QED) is 0.602. The van der Waals surface area contributed by atoms with E-state index in [1.54, 1.807) is 18.5 Å². The average Bonchev–Trinajstić information content (AvgIpc) is 3.32. The number of alkyl halides is 1. The maximum absolute atomic E-state index is 13.5. The van der Waals surface area contributed by atoms with Crippen molar-refractivity contribution < 1.29 is 9.50 Å². The summed E-state index contributed by atoms with van der Waals surface area (Å²) in [6, 6.07) is 9.31. The van der Waals surface area contributed by atoms with Crippen molar-refractivity contribution in [2.45, 2.75) is 38.8 Å². The van der Waals surface area contributed by atoms with E-state index in [2.05, 4.69) is 58.0 Å². The number of anilines is 1. The molecule has 2 N–H and O–H groups in total. The van der Waals surface area contributed by atoms with Crippen molar-refractivity contribution in [3.8, 4) is 28.1 Å². The monoisotopic (exact) mass is 438 g/mol. The molecular weight excluding hydrogens is 407 g/mol. The molecule has 2 unspecified atom stereocenters. The highest BCUT2D eigenvalue weighted by molar-refractivity contribution is 5.73. The number of aromatic hydroxyl groups is 1. The number of aromatic nitrogens is 4. The number of halogens is 1. The molecule has 3 aromatic rings. The molecule has 1 aliphatic rings. The van der Waals surface area contributed by atoms with Crippen LogP contribution in [0, 0.1) is 5.92 Å². The number of H-pyrrole nitrogens is 1. The first kappa shape index (κ1) is 22.2. The van der Waals surface area contributed by atoms with Gasteiger partial charge in [-0.15, -0.1) is 10.2 Å². The minimum absolute atomic E-state index is 0.00731. The second kappa shape index (κ2) is 8.86. The van der Waals surface area contributed by atoms with Crippen molar-refractivity contribution in [2.24, 2.45) is 5.92 Å². The third-order valence-corrected chi connectivity index (χ3v) is 7.21. The summed E-state index contributed by atoms with van der Waals surface area (Å²) in [4.78, 5) is 4.42. The van der Waals surface area contributed by atoms with Gasteiger partial charge in [-0.25, -0.2) is 4.39 Å². The minimum Gasteiger partial charge on any atom is -0.507 e. The van der Waals surface area contributed by atoms with E-state index in [0.29, 0.717) is 23.0 Å². The standard InChI is InChI=1S/C24H31FN6O/c1-16-21(9-11-30(4)24(16,2)3)31(12-10-25)23-8-7-20(28-29-23)19-6-5-17(13-22(19)32)18-14-26-27-15-18/h5-8,13-16,21,32H,9-12H2,1-4H3,(H,26,27). The second-order valence-electron chi connectivity index (χ2n) is 9.10. The van der Waals surface area contributed by atoms with Gasteiger partial charge in [0.1, 0.15) is 12.4 Å². The van der Waals surface area contributed by atoms with Gasteiger partial charge < -0.3 is 14.9 Å². The highest BCUT2D eigenvalue weighted by atomic mass is 19.1. The maximum atomic E-state index is 13.5. The number of rotatable bonds is 6. The zero-order chi connectivity index (χ0) is 22.9. The largest absolute Gasteiger partial charge is 0.507 e. The number of aromatic amines is 1. The van der Waals surface area contributed by atoms with Crippen molar-refractivity contribution in [1.29, 1.82) is 0 Å². The molecule has 0 bridgehead atoms. The minimum atomic E-state index is -0.445. The molecule has 2 atom stereocenters. The zero-order valence-corrected chi connectivity index (χ0v) is 19.1. The van der Waals surface area contributed by atoms with Crippen LogP contribution >= 0.6 is 0 Å². The van der Waals surface area contributed by atoms with E-state index in [0.717, 1.165) is 24.1 Å². The molecule has 0 radical (unpaired) electrons. The van der Waals surface area contributed by atoms with Crippen LogP contribution in [-0.2, 0) is 0 Å². The van der Waals surface area contributed by atoms with Crippen molar-refractivity contribution in [2.75, 3.05) is 31.7 Å². The molecule has 0 amide bonds. The summed E-state index contributed by atoms with van der Waals surface area (Å²) in [5.41, 5.74) is 2.93. The highest BCUT2D eigenvalue weighted by Gasteiger charge is 2.42. The Balaban J connectivity index is 1.59. The summed E-state index contributed by atoms with van der Waals surface area (Å²) in [5.74, 6) is 1.11. The summed E-state index contributed by atoms with van der Waals surface area (Å²) in [6.45, 7) is 7.50. The van der Waals surface area contributed by atoms with Gasteiger partial charge in [-0.05, 0) is 63.1 Å². The average molecular weight is 439 g/mol. The Morgan fingerprint density at radius 1 is 1.22 bits per heavy atom. The van der Waals surface area contributed by atoms with Crippen LogP contribution in [0.3, 0.4) is 0 Å². The SMILES string of the molecule is CC1C(N(CCF)c2ccc(-c3ccc(-c4cn[nH]c4)cc3O)nn2)CCN(C)C1(C)C. The van der Waals surface area contributed by atoms with E-state index in [1.165, 1.54) is 0 Å². The lowest BCUT2D eigenvalue weighted by Crippen LogP contribution is -2.60. The summed E-state index contributed by atoms with van der Waals surface area (Å²) in [7, 11) is 2.14. The number of hydrogen-bond acceptors (Lipinski definition) is 6. The van der Waals surface area contributed by atoms with E-state index < -0.39 is 6.67 Å². The normalized spacial score (nSPS) is 20.9. The van der Waals surface area contributed by atoms with Crippen LogP contribution in [0.4, 0.5) is 10.2 Å². The Labute approximate surface area is 188 Å². The van der Waals surface area contributed by atoms with Gasteiger partial charge in [-0.3, -0.25) is 5.10 Å². The number of nitrogens with zero attached hydrogens (tertiary/aromatic N) is 5. The van der Waals surface area contributed by atoms with E-state index >= 15 is 0 Å². The second-order valence-corrected chi connectivity index (χ2v) is 9.10. The molecule has 8 heteroatoms. The lowest BCUT2D eigenvalue weighted by Gasteiger charge is -2.52. The molecule has 4 rings (SSSR count). The van der Waals surface area contributed by atoms with Crippen LogP contribution in [-0.4, -0.2) is 68.8 Å². The van der Waals surface area contributed by atoms with Gasteiger partial charge >= 0.3 is 0 Å². The molecule has 0 spiro atoms. The Morgan fingerprint density at radius 3 is 2.66 bits per heavy atom. The van der Waals surface area contributed by atoms with Crippen molar-refractivity contribution in [3.05, 3.63) is 42.7 Å². The van der Waals surface area contributed by atoms with Gasteiger partial charge in [-0.1, -0.05) is 13.0 Å². The molecule has 32 heavy (non-hydrogen) atoms. The van der Waals surface area contributed by atoms with Crippen LogP contribution in [0.25, 0.3) is 22.4 Å². The highest BCUT2D eigenvalue weighted by Crippen LogP contribution is 2.37. The Morgan fingerprint density at radius 2 is 2.03 bits per heavy atom. The van der Waals surface area contributed by atoms with E-state index in [-0.39, 0.29) is 23.9 Å². The third-order valence-electron chi connectivity index (χ3n) is 7.21. The molecule has 1 saturated heterocycles. The van der Waals surface area contributed by atoms with Gasteiger partial charge in [0.25, 0.3) is 0 Å². The number of piperidine rings is 1.